The first kappa shape index (κ1) is 12.6. The summed E-state index contributed by atoms with van der Waals surface area (Å²) in [4.78, 5) is 4.41. The second kappa shape index (κ2) is 4.91. The van der Waals surface area contributed by atoms with Crippen LogP contribution in [0.4, 0.5) is 0 Å². The van der Waals surface area contributed by atoms with E-state index in [1.165, 1.54) is 0 Å². The Morgan fingerprint density at radius 2 is 2.11 bits per heavy atom. The number of pyridine rings is 1. The van der Waals surface area contributed by atoms with Gasteiger partial charge in [-0.05, 0) is 32.3 Å². The Hall–Kier alpha value is -1.45. The fourth-order valence-electron chi connectivity index (χ4n) is 2.85. The quantitative estimate of drug-likeness (QED) is 0.898. The van der Waals surface area contributed by atoms with Crippen LogP contribution in [0.2, 0.25) is 0 Å². The van der Waals surface area contributed by atoms with Gasteiger partial charge in [0.05, 0.1) is 11.1 Å². The zero-order valence-electron chi connectivity index (χ0n) is 11.2. The number of fused-ring (bicyclic) bond motifs is 1. The maximum atomic E-state index is 10.7. The summed E-state index contributed by atoms with van der Waals surface area (Å²) >= 11 is 0. The van der Waals surface area contributed by atoms with Crippen molar-refractivity contribution in [2.45, 2.75) is 37.9 Å². The van der Waals surface area contributed by atoms with Crippen LogP contribution >= 0.6 is 0 Å². The molecular formula is C16H19NO2. The van der Waals surface area contributed by atoms with Gasteiger partial charge in [-0.3, -0.25) is 4.98 Å². The van der Waals surface area contributed by atoms with E-state index in [4.69, 9.17) is 4.74 Å². The monoisotopic (exact) mass is 257 g/mol. The molecule has 100 valence electrons. The van der Waals surface area contributed by atoms with Crippen molar-refractivity contribution in [1.82, 2.24) is 4.98 Å². The molecule has 0 spiro atoms. The molecule has 3 heteroatoms. The van der Waals surface area contributed by atoms with Crippen LogP contribution in [0, 0.1) is 0 Å². The van der Waals surface area contributed by atoms with Gasteiger partial charge in [-0.25, -0.2) is 0 Å². The Labute approximate surface area is 113 Å². The number of rotatable bonds is 2. The summed E-state index contributed by atoms with van der Waals surface area (Å²) in [5.74, 6) is 0. The van der Waals surface area contributed by atoms with E-state index < -0.39 is 11.7 Å². The van der Waals surface area contributed by atoms with Gasteiger partial charge in [0.1, 0.15) is 6.10 Å². The smallest absolute Gasteiger partial charge is 0.110 e. The van der Waals surface area contributed by atoms with Crippen molar-refractivity contribution in [1.29, 1.82) is 0 Å². The minimum atomic E-state index is -0.633. The lowest BCUT2D eigenvalue weighted by molar-refractivity contribution is -0.138. The van der Waals surface area contributed by atoms with Gasteiger partial charge in [0.25, 0.3) is 0 Å². The fourth-order valence-corrected chi connectivity index (χ4v) is 2.85. The first-order valence-corrected chi connectivity index (χ1v) is 6.86. The Morgan fingerprint density at radius 3 is 2.89 bits per heavy atom. The summed E-state index contributed by atoms with van der Waals surface area (Å²) in [6.45, 7) is 2.73. The predicted octanol–water partition coefficient (Wildman–Crippen LogP) is 3.23. The van der Waals surface area contributed by atoms with Crippen molar-refractivity contribution in [2.24, 2.45) is 0 Å². The summed E-state index contributed by atoms with van der Waals surface area (Å²) in [5, 5.41) is 11.8. The standard InChI is InChI=1S/C16H19NO2/c1-16(9-2-3-11-19-16)15(18)13-8-4-6-12-7-5-10-17-14(12)13/h4-8,10,15,18H,2-3,9,11H2,1H3. The first-order chi connectivity index (χ1) is 9.21. The Balaban J connectivity index is 2.03. The SMILES string of the molecule is CC1(C(O)c2cccc3cccnc23)CCCCO1. The van der Waals surface area contributed by atoms with Crippen molar-refractivity contribution >= 4 is 10.9 Å². The van der Waals surface area contributed by atoms with Gasteiger partial charge in [-0.15, -0.1) is 0 Å². The molecule has 1 aromatic carbocycles. The number of para-hydroxylation sites is 1. The molecule has 1 N–H and O–H groups in total. The third-order valence-corrected chi connectivity index (χ3v) is 4.04. The molecular weight excluding hydrogens is 238 g/mol. The second-order valence-corrected chi connectivity index (χ2v) is 5.44. The lowest BCUT2D eigenvalue weighted by Crippen LogP contribution is -2.39. The van der Waals surface area contributed by atoms with E-state index in [1.807, 2.05) is 37.3 Å². The van der Waals surface area contributed by atoms with Crippen molar-refractivity contribution in [3.63, 3.8) is 0 Å². The first-order valence-electron chi connectivity index (χ1n) is 6.86. The molecule has 2 atom stereocenters. The van der Waals surface area contributed by atoms with Gasteiger partial charge in [-0.2, -0.15) is 0 Å². The summed E-state index contributed by atoms with van der Waals surface area (Å²) in [6, 6.07) is 9.86. The minimum Gasteiger partial charge on any atom is -0.385 e. The van der Waals surface area contributed by atoms with Gasteiger partial charge in [-0.1, -0.05) is 24.3 Å². The van der Waals surface area contributed by atoms with Crippen LogP contribution in [-0.4, -0.2) is 22.3 Å². The third kappa shape index (κ3) is 2.24. The van der Waals surface area contributed by atoms with Crippen molar-refractivity contribution in [3.8, 4) is 0 Å². The molecule has 0 bridgehead atoms. The van der Waals surface area contributed by atoms with Crippen molar-refractivity contribution in [2.75, 3.05) is 6.61 Å². The molecule has 1 aromatic heterocycles. The maximum absolute atomic E-state index is 10.7. The van der Waals surface area contributed by atoms with Crippen LogP contribution < -0.4 is 0 Å². The molecule has 1 aliphatic heterocycles. The summed E-state index contributed by atoms with van der Waals surface area (Å²) in [6.07, 6.45) is 4.20. The summed E-state index contributed by atoms with van der Waals surface area (Å²) in [5.41, 5.74) is 1.24. The predicted molar refractivity (Wildman–Crippen MR) is 74.9 cm³/mol. The number of aromatic nitrogens is 1. The van der Waals surface area contributed by atoms with Crippen LogP contribution in [0.15, 0.2) is 36.5 Å². The van der Waals surface area contributed by atoms with Gasteiger partial charge in [0, 0.05) is 23.8 Å². The number of benzene rings is 1. The average molecular weight is 257 g/mol. The summed E-state index contributed by atoms with van der Waals surface area (Å²) in [7, 11) is 0. The minimum absolute atomic E-state index is 0.496. The van der Waals surface area contributed by atoms with Crippen LogP contribution in [0.25, 0.3) is 10.9 Å². The highest BCUT2D eigenvalue weighted by Crippen LogP contribution is 2.38. The van der Waals surface area contributed by atoms with E-state index in [1.54, 1.807) is 6.20 Å². The molecule has 0 saturated carbocycles. The summed E-state index contributed by atoms with van der Waals surface area (Å²) < 4.78 is 5.85. The van der Waals surface area contributed by atoms with E-state index in [2.05, 4.69) is 4.98 Å². The molecule has 3 rings (SSSR count). The van der Waals surface area contributed by atoms with Crippen LogP contribution in [-0.2, 0) is 4.74 Å². The topological polar surface area (TPSA) is 42.4 Å². The number of aliphatic hydroxyl groups excluding tert-OH is 1. The molecule has 3 nitrogen and oxygen atoms in total. The van der Waals surface area contributed by atoms with Gasteiger partial charge in [0.2, 0.25) is 0 Å². The van der Waals surface area contributed by atoms with Crippen molar-refractivity contribution in [3.05, 3.63) is 42.1 Å². The molecule has 0 aliphatic carbocycles. The van der Waals surface area contributed by atoms with E-state index >= 15 is 0 Å². The third-order valence-electron chi connectivity index (χ3n) is 4.04. The molecule has 2 unspecified atom stereocenters. The highest BCUT2D eigenvalue weighted by Gasteiger charge is 2.37. The van der Waals surface area contributed by atoms with Crippen LogP contribution in [0.5, 0.6) is 0 Å². The molecule has 19 heavy (non-hydrogen) atoms. The molecule has 2 heterocycles. The number of nitrogens with zero attached hydrogens (tertiary/aromatic N) is 1. The molecule has 1 fully saturated rings. The van der Waals surface area contributed by atoms with Crippen LogP contribution in [0.1, 0.15) is 37.9 Å². The van der Waals surface area contributed by atoms with E-state index in [0.717, 1.165) is 42.3 Å². The van der Waals surface area contributed by atoms with Gasteiger partial charge >= 0.3 is 0 Å². The second-order valence-electron chi connectivity index (χ2n) is 5.44. The van der Waals surface area contributed by atoms with E-state index in [0.29, 0.717) is 0 Å². The normalized spacial score (nSPS) is 25.4. The highest BCUT2D eigenvalue weighted by atomic mass is 16.5. The lowest BCUT2D eigenvalue weighted by Gasteiger charge is -2.38. The lowest BCUT2D eigenvalue weighted by atomic mass is 9.85. The number of hydrogen-bond acceptors (Lipinski definition) is 3. The fraction of sp³-hybridized carbons (Fsp3) is 0.438. The zero-order valence-corrected chi connectivity index (χ0v) is 11.2. The van der Waals surface area contributed by atoms with Gasteiger partial charge < -0.3 is 9.84 Å². The average Bonchev–Trinajstić information content (AvgIpc) is 2.47. The Morgan fingerprint density at radius 1 is 1.26 bits per heavy atom. The van der Waals surface area contributed by atoms with E-state index in [9.17, 15) is 5.11 Å². The maximum Gasteiger partial charge on any atom is 0.110 e. The Bertz CT molecular complexity index is 570. The molecule has 2 aromatic rings. The largest absolute Gasteiger partial charge is 0.385 e. The molecule has 0 radical (unpaired) electrons. The number of aliphatic hydroxyl groups is 1. The Kier molecular flexibility index (Phi) is 3.25. The van der Waals surface area contributed by atoms with E-state index in [-0.39, 0.29) is 0 Å². The highest BCUT2D eigenvalue weighted by molar-refractivity contribution is 5.82. The molecule has 1 saturated heterocycles. The van der Waals surface area contributed by atoms with Crippen LogP contribution in [0.3, 0.4) is 0 Å². The van der Waals surface area contributed by atoms with Gasteiger partial charge in [0.15, 0.2) is 0 Å². The molecule has 1 aliphatic rings. The number of hydrogen-bond donors (Lipinski definition) is 1. The zero-order chi connectivity index (χ0) is 13.3. The number of ether oxygens (including phenoxy) is 1. The molecule has 0 amide bonds. The van der Waals surface area contributed by atoms with Crippen molar-refractivity contribution < 1.29 is 9.84 Å².